The summed E-state index contributed by atoms with van der Waals surface area (Å²) in [6.07, 6.45) is 1.66. The molecule has 0 unspecified atom stereocenters. The second kappa shape index (κ2) is 4.26. The Labute approximate surface area is 93.8 Å². The highest BCUT2D eigenvalue weighted by atomic mass is 16.5. The van der Waals surface area contributed by atoms with Gasteiger partial charge in [0.2, 0.25) is 5.82 Å². The molecule has 0 aliphatic rings. The number of nitrogens with zero attached hydrogens (tertiary/aromatic N) is 2. The average Bonchev–Trinajstić information content (AvgIpc) is 2.27. The summed E-state index contributed by atoms with van der Waals surface area (Å²) in [5.41, 5.74) is 0.824. The summed E-state index contributed by atoms with van der Waals surface area (Å²) in [5, 5.41) is 8.65. The van der Waals surface area contributed by atoms with Gasteiger partial charge in [-0.25, -0.2) is 9.97 Å². The van der Waals surface area contributed by atoms with E-state index in [1.807, 2.05) is 38.1 Å². The summed E-state index contributed by atoms with van der Waals surface area (Å²) in [6.45, 7) is 3.74. The summed E-state index contributed by atoms with van der Waals surface area (Å²) >= 11 is 0. The lowest BCUT2D eigenvalue weighted by Crippen LogP contribution is -2.14. The van der Waals surface area contributed by atoms with E-state index in [2.05, 4.69) is 9.97 Å². The third kappa shape index (κ3) is 2.16. The van der Waals surface area contributed by atoms with E-state index in [9.17, 15) is 0 Å². The van der Waals surface area contributed by atoms with Crippen molar-refractivity contribution in [3.63, 3.8) is 0 Å². The molecule has 0 fully saturated rings. The minimum absolute atomic E-state index is 0.0146. The van der Waals surface area contributed by atoms with E-state index in [4.69, 9.17) is 10.1 Å². The SMILES string of the molecule is CC(C)OC(=N)c1ncc2ccccc2n1. The number of fused-ring (bicyclic) bond motifs is 1. The first-order chi connectivity index (χ1) is 7.66. The number of hydrogen-bond acceptors (Lipinski definition) is 4. The van der Waals surface area contributed by atoms with Crippen LogP contribution in [0, 0.1) is 5.41 Å². The molecule has 1 N–H and O–H groups in total. The topological polar surface area (TPSA) is 58.9 Å². The Morgan fingerprint density at radius 3 is 2.81 bits per heavy atom. The largest absolute Gasteiger partial charge is 0.473 e. The van der Waals surface area contributed by atoms with Gasteiger partial charge in [0.25, 0.3) is 5.90 Å². The zero-order valence-corrected chi connectivity index (χ0v) is 9.27. The van der Waals surface area contributed by atoms with Crippen molar-refractivity contribution in [1.29, 1.82) is 5.41 Å². The van der Waals surface area contributed by atoms with E-state index in [0.29, 0.717) is 5.82 Å². The molecule has 0 saturated heterocycles. The average molecular weight is 215 g/mol. The van der Waals surface area contributed by atoms with E-state index in [-0.39, 0.29) is 12.0 Å². The molecule has 1 aromatic carbocycles. The van der Waals surface area contributed by atoms with Gasteiger partial charge in [-0.15, -0.1) is 0 Å². The fourth-order valence-corrected chi connectivity index (χ4v) is 1.37. The summed E-state index contributed by atoms with van der Waals surface area (Å²) in [6, 6.07) is 7.67. The van der Waals surface area contributed by atoms with Crippen molar-refractivity contribution in [1.82, 2.24) is 9.97 Å². The molecule has 4 nitrogen and oxygen atoms in total. The molecule has 0 bridgehead atoms. The van der Waals surface area contributed by atoms with Crippen molar-refractivity contribution in [3.8, 4) is 0 Å². The van der Waals surface area contributed by atoms with Gasteiger partial charge in [0.15, 0.2) is 0 Å². The highest BCUT2D eigenvalue weighted by Crippen LogP contribution is 2.10. The van der Waals surface area contributed by atoms with Gasteiger partial charge in [-0.05, 0) is 19.9 Å². The molecule has 0 radical (unpaired) electrons. The van der Waals surface area contributed by atoms with Crippen molar-refractivity contribution < 1.29 is 4.74 Å². The van der Waals surface area contributed by atoms with Crippen molar-refractivity contribution in [2.45, 2.75) is 20.0 Å². The van der Waals surface area contributed by atoms with Gasteiger partial charge in [0.1, 0.15) is 0 Å². The van der Waals surface area contributed by atoms with Crippen molar-refractivity contribution >= 4 is 16.8 Å². The Balaban J connectivity index is 2.35. The Morgan fingerprint density at radius 1 is 1.31 bits per heavy atom. The van der Waals surface area contributed by atoms with Gasteiger partial charge in [0, 0.05) is 11.6 Å². The third-order valence-corrected chi connectivity index (χ3v) is 2.05. The first kappa shape index (κ1) is 10.5. The van der Waals surface area contributed by atoms with E-state index in [1.165, 1.54) is 0 Å². The lowest BCUT2D eigenvalue weighted by molar-refractivity contribution is 0.226. The summed E-state index contributed by atoms with van der Waals surface area (Å²) < 4.78 is 5.24. The molecule has 0 aliphatic carbocycles. The highest BCUT2D eigenvalue weighted by Gasteiger charge is 2.08. The van der Waals surface area contributed by atoms with Gasteiger partial charge >= 0.3 is 0 Å². The number of para-hydroxylation sites is 1. The van der Waals surface area contributed by atoms with Crippen LogP contribution in [0.5, 0.6) is 0 Å². The van der Waals surface area contributed by atoms with Gasteiger partial charge < -0.3 is 4.74 Å². The van der Waals surface area contributed by atoms with E-state index < -0.39 is 0 Å². The lowest BCUT2D eigenvalue weighted by atomic mass is 10.2. The molecule has 1 heterocycles. The smallest absolute Gasteiger partial charge is 0.252 e. The standard InChI is InChI=1S/C12H13N3O/c1-8(2)16-11(13)12-14-7-9-5-3-4-6-10(9)15-12/h3-8,13H,1-2H3. The van der Waals surface area contributed by atoms with Gasteiger partial charge in [-0.1, -0.05) is 18.2 Å². The minimum Gasteiger partial charge on any atom is -0.473 e. The van der Waals surface area contributed by atoms with Crippen molar-refractivity contribution in [2.75, 3.05) is 0 Å². The number of aromatic nitrogens is 2. The first-order valence-corrected chi connectivity index (χ1v) is 5.14. The van der Waals surface area contributed by atoms with E-state index >= 15 is 0 Å². The van der Waals surface area contributed by atoms with Crippen LogP contribution in [0.3, 0.4) is 0 Å². The van der Waals surface area contributed by atoms with E-state index in [1.54, 1.807) is 6.20 Å². The number of nitrogens with one attached hydrogen (secondary N) is 1. The van der Waals surface area contributed by atoms with Crippen molar-refractivity contribution in [2.24, 2.45) is 0 Å². The summed E-state index contributed by atoms with van der Waals surface area (Å²) in [4.78, 5) is 8.37. The van der Waals surface area contributed by atoms with Crippen LogP contribution in [0.15, 0.2) is 30.5 Å². The molecule has 82 valence electrons. The fraction of sp³-hybridized carbons (Fsp3) is 0.250. The highest BCUT2D eigenvalue weighted by molar-refractivity contribution is 5.90. The van der Waals surface area contributed by atoms with Crippen LogP contribution in [-0.2, 0) is 4.74 Å². The van der Waals surface area contributed by atoms with Gasteiger partial charge in [0.05, 0.1) is 11.6 Å². The van der Waals surface area contributed by atoms with Crippen LogP contribution in [-0.4, -0.2) is 22.0 Å². The summed E-state index contributed by atoms with van der Waals surface area (Å²) in [5.74, 6) is 0.341. The second-order valence-electron chi connectivity index (χ2n) is 3.75. The summed E-state index contributed by atoms with van der Waals surface area (Å²) in [7, 11) is 0. The molecular formula is C12H13N3O. The van der Waals surface area contributed by atoms with Crippen molar-refractivity contribution in [3.05, 3.63) is 36.3 Å². The zero-order valence-electron chi connectivity index (χ0n) is 9.27. The maximum Gasteiger partial charge on any atom is 0.252 e. The minimum atomic E-state index is -0.0393. The molecular weight excluding hydrogens is 202 g/mol. The molecule has 0 amide bonds. The van der Waals surface area contributed by atoms with Crippen LogP contribution < -0.4 is 0 Å². The number of hydrogen-bond donors (Lipinski definition) is 1. The molecule has 4 heteroatoms. The Bertz CT molecular complexity index is 522. The number of rotatable bonds is 2. The van der Waals surface area contributed by atoms with Crippen LogP contribution in [0.4, 0.5) is 0 Å². The quantitative estimate of drug-likeness (QED) is 0.618. The maximum absolute atomic E-state index is 7.69. The molecule has 0 saturated carbocycles. The monoisotopic (exact) mass is 215 g/mol. The van der Waals surface area contributed by atoms with Crippen LogP contribution in [0.1, 0.15) is 19.7 Å². The van der Waals surface area contributed by atoms with Gasteiger partial charge in [-0.2, -0.15) is 0 Å². The van der Waals surface area contributed by atoms with Crippen LogP contribution >= 0.6 is 0 Å². The predicted octanol–water partition coefficient (Wildman–Crippen LogP) is 2.38. The normalized spacial score (nSPS) is 10.7. The van der Waals surface area contributed by atoms with Crippen LogP contribution in [0.2, 0.25) is 0 Å². The van der Waals surface area contributed by atoms with Crippen LogP contribution in [0.25, 0.3) is 10.9 Å². The molecule has 16 heavy (non-hydrogen) atoms. The molecule has 2 aromatic rings. The number of benzene rings is 1. The molecule has 0 spiro atoms. The Hall–Kier alpha value is -1.97. The fourth-order valence-electron chi connectivity index (χ4n) is 1.37. The molecule has 0 atom stereocenters. The molecule has 0 aliphatic heterocycles. The van der Waals surface area contributed by atoms with E-state index in [0.717, 1.165) is 10.9 Å². The third-order valence-electron chi connectivity index (χ3n) is 2.05. The maximum atomic E-state index is 7.69. The number of ether oxygens (including phenoxy) is 1. The zero-order chi connectivity index (χ0) is 11.5. The Kier molecular flexibility index (Phi) is 2.81. The lowest BCUT2D eigenvalue weighted by Gasteiger charge is -2.09. The Morgan fingerprint density at radius 2 is 2.06 bits per heavy atom. The predicted molar refractivity (Wildman–Crippen MR) is 62.6 cm³/mol. The van der Waals surface area contributed by atoms with Gasteiger partial charge in [-0.3, -0.25) is 5.41 Å². The molecule has 2 rings (SSSR count). The first-order valence-electron chi connectivity index (χ1n) is 5.14. The molecule has 1 aromatic heterocycles. The second-order valence-corrected chi connectivity index (χ2v) is 3.75.